The molecule has 0 fully saturated rings. The summed E-state index contributed by atoms with van der Waals surface area (Å²) >= 11 is 5.74. The first-order valence-corrected chi connectivity index (χ1v) is 3.96. The van der Waals surface area contributed by atoms with Crippen LogP contribution < -0.4 is 5.73 Å². The second-order valence-electron chi connectivity index (χ2n) is 2.59. The lowest BCUT2D eigenvalue weighted by atomic mass is 10.3. The molecule has 0 aliphatic heterocycles. The highest BCUT2D eigenvalue weighted by atomic mass is 35.5. The van der Waals surface area contributed by atoms with Crippen LogP contribution in [0.2, 0.25) is 5.28 Å². The van der Waals surface area contributed by atoms with E-state index < -0.39 is 0 Å². The Morgan fingerprint density at radius 2 is 2.38 bits per heavy atom. The first-order valence-electron chi connectivity index (χ1n) is 3.58. The zero-order valence-electron chi connectivity index (χ0n) is 6.86. The Balaban J connectivity index is 2.52. The summed E-state index contributed by atoms with van der Waals surface area (Å²) in [6.45, 7) is 0. The molecule has 0 atom stereocenters. The molecule has 0 saturated heterocycles. The Bertz CT molecular complexity index is 433. The molecule has 0 aromatic carbocycles. The van der Waals surface area contributed by atoms with Crippen LogP contribution in [0.25, 0.3) is 11.5 Å². The van der Waals surface area contributed by atoms with Gasteiger partial charge in [-0.2, -0.15) is 0 Å². The molecule has 2 aromatic heterocycles. The van der Waals surface area contributed by atoms with E-state index >= 15 is 0 Å². The minimum absolute atomic E-state index is 0.340. The van der Waals surface area contributed by atoms with Crippen LogP contribution in [0.4, 0.5) is 5.82 Å². The van der Waals surface area contributed by atoms with E-state index in [1.165, 1.54) is 0 Å². The molecule has 2 heterocycles. The van der Waals surface area contributed by atoms with Crippen LogP contribution >= 0.6 is 11.6 Å². The van der Waals surface area contributed by atoms with Crippen LogP contribution in [0.1, 0.15) is 0 Å². The third kappa shape index (κ3) is 1.27. The Hall–Kier alpha value is -1.49. The molecule has 0 aliphatic rings. The summed E-state index contributed by atoms with van der Waals surface area (Å²) in [5.41, 5.74) is 6.15. The molecule has 0 amide bonds. The first-order chi connectivity index (χ1) is 6.18. The Kier molecular flexibility index (Phi) is 1.73. The molecular weight excluding hydrogens is 192 g/mol. The molecule has 2 aromatic rings. The van der Waals surface area contributed by atoms with Crippen LogP contribution in [-0.4, -0.2) is 14.7 Å². The average molecular weight is 199 g/mol. The number of halogens is 1. The van der Waals surface area contributed by atoms with Crippen LogP contribution in [0.3, 0.4) is 0 Å². The van der Waals surface area contributed by atoms with Gasteiger partial charge in [0.2, 0.25) is 5.28 Å². The van der Waals surface area contributed by atoms with Gasteiger partial charge in [-0.25, -0.2) is 4.98 Å². The van der Waals surface area contributed by atoms with Crippen molar-refractivity contribution in [1.82, 2.24) is 14.7 Å². The van der Waals surface area contributed by atoms with E-state index in [1.54, 1.807) is 23.9 Å². The summed E-state index contributed by atoms with van der Waals surface area (Å²) in [6.07, 6.45) is 1.60. The van der Waals surface area contributed by atoms with Crippen LogP contribution in [0, 0.1) is 0 Å². The number of nitrogen functional groups attached to an aromatic ring is 1. The zero-order valence-corrected chi connectivity index (χ0v) is 7.62. The molecule has 2 N–H and O–H groups in total. The van der Waals surface area contributed by atoms with E-state index in [2.05, 4.69) is 10.1 Å². The highest BCUT2D eigenvalue weighted by Crippen LogP contribution is 2.22. The van der Waals surface area contributed by atoms with Gasteiger partial charge in [0.1, 0.15) is 5.69 Å². The summed E-state index contributed by atoms with van der Waals surface area (Å²) in [5.74, 6) is 0.895. The SMILES string of the molecule is Cn1c(-c2cc(N)no2)cnc1Cl. The molecule has 68 valence electrons. The minimum Gasteiger partial charge on any atom is -0.381 e. The second kappa shape index (κ2) is 2.77. The van der Waals surface area contributed by atoms with Gasteiger partial charge in [0, 0.05) is 13.1 Å². The van der Waals surface area contributed by atoms with E-state index in [0.29, 0.717) is 16.9 Å². The van der Waals surface area contributed by atoms with Crippen molar-refractivity contribution in [3.63, 3.8) is 0 Å². The van der Waals surface area contributed by atoms with E-state index in [1.807, 2.05) is 0 Å². The Morgan fingerprint density at radius 3 is 2.85 bits per heavy atom. The third-order valence-electron chi connectivity index (χ3n) is 1.71. The van der Waals surface area contributed by atoms with Gasteiger partial charge in [0.15, 0.2) is 11.6 Å². The molecule has 2 rings (SSSR count). The maximum absolute atomic E-state index is 5.74. The monoisotopic (exact) mass is 198 g/mol. The number of rotatable bonds is 1. The molecule has 0 saturated carbocycles. The Labute approximate surface area is 79.1 Å². The third-order valence-corrected chi connectivity index (χ3v) is 2.06. The summed E-state index contributed by atoms with van der Waals surface area (Å²) in [6, 6.07) is 1.62. The van der Waals surface area contributed by atoms with Crippen molar-refractivity contribution in [3.8, 4) is 11.5 Å². The van der Waals surface area contributed by atoms with Gasteiger partial charge < -0.3 is 14.8 Å². The molecular formula is C7H7ClN4O. The maximum atomic E-state index is 5.74. The fourth-order valence-electron chi connectivity index (χ4n) is 1.03. The van der Waals surface area contributed by atoms with Gasteiger partial charge in [0.05, 0.1) is 6.20 Å². The highest BCUT2D eigenvalue weighted by molar-refractivity contribution is 6.28. The van der Waals surface area contributed by atoms with E-state index in [0.717, 1.165) is 5.69 Å². The topological polar surface area (TPSA) is 69.9 Å². The molecule has 13 heavy (non-hydrogen) atoms. The smallest absolute Gasteiger partial charge is 0.202 e. The van der Waals surface area contributed by atoms with Gasteiger partial charge in [0.25, 0.3) is 0 Å². The van der Waals surface area contributed by atoms with E-state index in [4.69, 9.17) is 21.9 Å². The van der Waals surface area contributed by atoms with Crippen molar-refractivity contribution in [2.75, 3.05) is 5.73 Å². The molecule has 0 bridgehead atoms. The molecule has 0 radical (unpaired) electrons. The molecule has 6 heteroatoms. The van der Waals surface area contributed by atoms with Crippen molar-refractivity contribution < 1.29 is 4.52 Å². The summed E-state index contributed by atoms with van der Waals surface area (Å²) in [7, 11) is 1.78. The van der Waals surface area contributed by atoms with Gasteiger partial charge in [-0.3, -0.25) is 0 Å². The lowest BCUT2D eigenvalue weighted by Crippen LogP contribution is -1.89. The number of aromatic nitrogens is 3. The van der Waals surface area contributed by atoms with Crippen LogP contribution in [-0.2, 0) is 7.05 Å². The van der Waals surface area contributed by atoms with Gasteiger partial charge in [-0.15, -0.1) is 0 Å². The molecule has 0 unspecified atom stereocenters. The summed E-state index contributed by atoms with van der Waals surface area (Å²) in [5, 5.41) is 3.96. The number of anilines is 1. The second-order valence-corrected chi connectivity index (χ2v) is 2.93. The van der Waals surface area contributed by atoms with Gasteiger partial charge in [-0.05, 0) is 11.6 Å². The quantitative estimate of drug-likeness (QED) is 0.750. The highest BCUT2D eigenvalue weighted by Gasteiger charge is 2.10. The van der Waals surface area contributed by atoms with Gasteiger partial charge >= 0.3 is 0 Å². The van der Waals surface area contributed by atoms with Crippen molar-refractivity contribution in [2.45, 2.75) is 0 Å². The predicted molar refractivity (Wildman–Crippen MR) is 48.1 cm³/mol. The standard InChI is InChI=1S/C7H7ClN4O/c1-12-4(3-10-7(12)8)5-2-6(9)11-13-5/h2-3H,1H3,(H2,9,11). The maximum Gasteiger partial charge on any atom is 0.202 e. The van der Waals surface area contributed by atoms with Crippen LogP contribution in [0.15, 0.2) is 16.8 Å². The molecule has 5 nitrogen and oxygen atoms in total. The van der Waals surface area contributed by atoms with Crippen molar-refractivity contribution in [2.24, 2.45) is 7.05 Å². The van der Waals surface area contributed by atoms with Crippen LogP contribution in [0.5, 0.6) is 0 Å². The molecule has 0 spiro atoms. The largest absolute Gasteiger partial charge is 0.381 e. The minimum atomic E-state index is 0.340. The number of nitrogens with two attached hydrogens (primary N) is 1. The average Bonchev–Trinajstić information content (AvgIpc) is 2.62. The number of imidazole rings is 1. The fourth-order valence-corrected chi connectivity index (χ4v) is 1.17. The fraction of sp³-hybridized carbons (Fsp3) is 0.143. The van der Waals surface area contributed by atoms with Crippen molar-refractivity contribution >= 4 is 17.4 Å². The normalized spacial score (nSPS) is 10.6. The molecule has 0 aliphatic carbocycles. The zero-order chi connectivity index (χ0) is 9.42. The summed E-state index contributed by atoms with van der Waals surface area (Å²) in [4.78, 5) is 3.90. The lowest BCUT2D eigenvalue weighted by Gasteiger charge is -1.96. The summed E-state index contributed by atoms with van der Waals surface area (Å²) < 4.78 is 6.63. The first kappa shape index (κ1) is 8.12. The Morgan fingerprint density at radius 1 is 1.62 bits per heavy atom. The van der Waals surface area contributed by atoms with Crippen molar-refractivity contribution in [1.29, 1.82) is 0 Å². The van der Waals surface area contributed by atoms with Crippen molar-refractivity contribution in [3.05, 3.63) is 17.5 Å². The number of hydrogen-bond acceptors (Lipinski definition) is 4. The van der Waals surface area contributed by atoms with Gasteiger partial charge in [-0.1, -0.05) is 5.16 Å². The number of hydrogen-bond donors (Lipinski definition) is 1. The number of nitrogens with zero attached hydrogens (tertiary/aromatic N) is 3. The van der Waals surface area contributed by atoms with E-state index in [-0.39, 0.29) is 0 Å². The predicted octanol–water partition coefficient (Wildman–Crippen LogP) is 1.31. The lowest BCUT2D eigenvalue weighted by molar-refractivity contribution is 0.433. The van der Waals surface area contributed by atoms with E-state index in [9.17, 15) is 0 Å².